The van der Waals surface area contributed by atoms with Crippen LogP contribution in [0.25, 0.3) is 11.1 Å². The second-order valence-corrected chi connectivity index (χ2v) is 5.36. The summed E-state index contributed by atoms with van der Waals surface area (Å²) < 4.78 is 0. The molecule has 0 fully saturated rings. The van der Waals surface area contributed by atoms with E-state index in [1.165, 1.54) is 16.7 Å². The average Bonchev–Trinajstić information content (AvgIpc) is 2.50. The van der Waals surface area contributed by atoms with Crippen molar-refractivity contribution in [2.24, 2.45) is 0 Å². The van der Waals surface area contributed by atoms with Gasteiger partial charge in [0.2, 0.25) is 0 Å². The SMILES string of the molecule is CCCC(O)C(CC)c1ccc(-c2ccccc2)cc1. The van der Waals surface area contributed by atoms with Gasteiger partial charge in [-0.1, -0.05) is 74.9 Å². The lowest BCUT2D eigenvalue weighted by Gasteiger charge is -2.22. The summed E-state index contributed by atoms with van der Waals surface area (Å²) in [5, 5.41) is 10.2. The summed E-state index contributed by atoms with van der Waals surface area (Å²) >= 11 is 0. The first-order chi connectivity index (χ1) is 9.76. The zero-order chi connectivity index (χ0) is 14.4. The van der Waals surface area contributed by atoms with Crippen LogP contribution in [-0.2, 0) is 0 Å². The molecule has 0 aliphatic rings. The maximum absolute atomic E-state index is 10.2. The summed E-state index contributed by atoms with van der Waals surface area (Å²) in [6, 6.07) is 19.0. The quantitative estimate of drug-likeness (QED) is 0.781. The first kappa shape index (κ1) is 14.8. The van der Waals surface area contributed by atoms with E-state index in [0.717, 1.165) is 19.3 Å². The van der Waals surface area contributed by atoms with Crippen molar-refractivity contribution in [2.45, 2.75) is 45.1 Å². The van der Waals surface area contributed by atoms with Crippen LogP contribution in [0.2, 0.25) is 0 Å². The third-order valence-corrected chi connectivity index (χ3v) is 3.93. The van der Waals surface area contributed by atoms with Crippen LogP contribution in [0.5, 0.6) is 0 Å². The van der Waals surface area contributed by atoms with Crippen molar-refractivity contribution in [2.75, 3.05) is 0 Å². The standard InChI is InChI=1S/C19H24O/c1-3-8-19(20)18(4-2)17-13-11-16(12-14-17)15-9-6-5-7-10-15/h5-7,9-14,18-20H,3-4,8H2,1-2H3. The van der Waals surface area contributed by atoms with E-state index >= 15 is 0 Å². The van der Waals surface area contributed by atoms with Crippen molar-refractivity contribution in [3.05, 3.63) is 60.2 Å². The molecule has 0 aliphatic carbocycles. The fraction of sp³-hybridized carbons (Fsp3) is 0.368. The molecule has 2 rings (SSSR count). The summed E-state index contributed by atoms with van der Waals surface area (Å²) in [7, 11) is 0. The monoisotopic (exact) mass is 268 g/mol. The molecular weight excluding hydrogens is 244 g/mol. The molecule has 106 valence electrons. The molecule has 0 heterocycles. The molecule has 2 atom stereocenters. The third-order valence-electron chi connectivity index (χ3n) is 3.93. The van der Waals surface area contributed by atoms with Gasteiger partial charge < -0.3 is 5.11 Å². The van der Waals surface area contributed by atoms with Crippen LogP contribution in [-0.4, -0.2) is 11.2 Å². The molecular formula is C19H24O. The highest BCUT2D eigenvalue weighted by atomic mass is 16.3. The number of rotatable bonds is 6. The van der Waals surface area contributed by atoms with Gasteiger partial charge in [0, 0.05) is 5.92 Å². The van der Waals surface area contributed by atoms with E-state index in [1.54, 1.807) is 0 Å². The molecule has 0 aliphatic heterocycles. The van der Waals surface area contributed by atoms with Crippen molar-refractivity contribution >= 4 is 0 Å². The fourth-order valence-corrected chi connectivity index (χ4v) is 2.78. The van der Waals surface area contributed by atoms with E-state index in [4.69, 9.17) is 0 Å². The first-order valence-corrected chi connectivity index (χ1v) is 7.59. The van der Waals surface area contributed by atoms with Gasteiger partial charge in [-0.05, 0) is 29.5 Å². The van der Waals surface area contributed by atoms with Crippen molar-refractivity contribution in [1.82, 2.24) is 0 Å². The van der Waals surface area contributed by atoms with Crippen molar-refractivity contribution in [1.29, 1.82) is 0 Å². The highest BCUT2D eigenvalue weighted by molar-refractivity contribution is 5.63. The second kappa shape index (κ2) is 7.25. The lowest BCUT2D eigenvalue weighted by molar-refractivity contribution is 0.130. The molecule has 1 heteroatoms. The lowest BCUT2D eigenvalue weighted by Crippen LogP contribution is -2.17. The second-order valence-electron chi connectivity index (χ2n) is 5.36. The van der Waals surface area contributed by atoms with Gasteiger partial charge in [-0.25, -0.2) is 0 Å². The van der Waals surface area contributed by atoms with E-state index in [-0.39, 0.29) is 12.0 Å². The molecule has 0 amide bonds. The van der Waals surface area contributed by atoms with Crippen molar-refractivity contribution in [3.63, 3.8) is 0 Å². The van der Waals surface area contributed by atoms with E-state index < -0.39 is 0 Å². The Balaban J connectivity index is 2.18. The summed E-state index contributed by atoms with van der Waals surface area (Å²) in [5.74, 6) is 0.250. The summed E-state index contributed by atoms with van der Waals surface area (Å²) in [6.45, 7) is 4.27. The van der Waals surface area contributed by atoms with Gasteiger partial charge in [0.05, 0.1) is 6.10 Å². The number of benzene rings is 2. The molecule has 0 spiro atoms. The Labute approximate surface area is 122 Å². The molecule has 0 radical (unpaired) electrons. The highest BCUT2D eigenvalue weighted by Gasteiger charge is 2.18. The van der Waals surface area contributed by atoms with Crippen LogP contribution >= 0.6 is 0 Å². The Morgan fingerprint density at radius 2 is 1.45 bits per heavy atom. The maximum Gasteiger partial charge on any atom is 0.0608 e. The minimum atomic E-state index is -0.229. The zero-order valence-corrected chi connectivity index (χ0v) is 12.4. The summed E-state index contributed by atoms with van der Waals surface area (Å²) in [6.07, 6.45) is 2.65. The lowest BCUT2D eigenvalue weighted by atomic mass is 9.88. The van der Waals surface area contributed by atoms with Crippen LogP contribution in [0.15, 0.2) is 54.6 Å². The Hall–Kier alpha value is -1.60. The van der Waals surface area contributed by atoms with Gasteiger partial charge in [0.1, 0.15) is 0 Å². The average molecular weight is 268 g/mol. The van der Waals surface area contributed by atoms with Crippen LogP contribution in [0.1, 0.15) is 44.6 Å². The Kier molecular flexibility index (Phi) is 5.37. The van der Waals surface area contributed by atoms with Gasteiger partial charge in [-0.2, -0.15) is 0 Å². The van der Waals surface area contributed by atoms with Crippen molar-refractivity contribution in [3.8, 4) is 11.1 Å². The zero-order valence-electron chi connectivity index (χ0n) is 12.4. The van der Waals surface area contributed by atoms with Crippen LogP contribution in [0.3, 0.4) is 0 Å². The minimum absolute atomic E-state index is 0.229. The smallest absolute Gasteiger partial charge is 0.0608 e. The summed E-state index contributed by atoms with van der Waals surface area (Å²) in [4.78, 5) is 0. The molecule has 0 saturated carbocycles. The van der Waals surface area contributed by atoms with Gasteiger partial charge in [-0.15, -0.1) is 0 Å². The predicted molar refractivity (Wildman–Crippen MR) is 85.8 cm³/mol. The molecule has 2 aromatic carbocycles. The van der Waals surface area contributed by atoms with Crippen LogP contribution in [0, 0.1) is 0 Å². The topological polar surface area (TPSA) is 20.2 Å². The largest absolute Gasteiger partial charge is 0.392 e. The number of hydrogen-bond donors (Lipinski definition) is 1. The Morgan fingerprint density at radius 3 is 2.00 bits per heavy atom. The number of aliphatic hydroxyl groups excluding tert-OH is 1. The van der Waals surface area contributed by atoms with Gasteiger partial charge in [0.15, 0.2) is 0 Å². The summed E-state index contributed by atoms with van der Waals surface area (Å²) in [5.41, 5.74) is 3.71. The molecule has 0 saturated heterocycles. The number of hydrogen-bond acceptors (Lipinski definition) is 1. The Morgan fingerprint density at radius 1 is 0.850 bits per heavy atom. The maximum atomic E-state index is 10.2. The fourth-order valence-electron chi connectivity index (χ4n) is 2.78. The van der Waals surface area contributed by atoms with E-state index in [2.05, 4.69) is 62.4 Å². The van der Waals surface area contributed by atoms with E-state index in [1.807, 2.05) is 6.07 Å². The molecule has 1 N–H and O–H groups in total. The van der Waals surface area contributed by atoms with Gasteiger partial charge >= 0.3 is 0 Å². The first-order valence-electron chi connectivity index (χ1n) is 7.59. The Bertz CT molecular complexity index is 501. The van der Waals surface area contributed by atoms with Crippen molar-refractivity contribution < 1.29 is 5.11 Å². The molecule has 0 bridgehead atoms. The normalized spacial score (nSPS) is 13.9. The number of aliphatic hydroxyl groups is 1. The molecule has 2 aromatic rings. The third kappa shape index (κ3) is 3.49. The van der Waals surface area contributed by atoms with Crippen LogP contribution in [0.4, 0.5) is 0 Å². The molecule has 2 unspecified atom stereocenters. The van der Waals surface area contributed by atoms with Crippen LogP contribution < -0.4 is 0 Å². The highest BCUT2D eigenvalue weighted by Crippen LogP contribution is 2.28. The molecule has 0 aromatic heterocycles. The van der Waals surface area contributed by atoms with Gasteiger partial charge in [-0.3, -0.25) is 0 Å². The van der Waals surface area contributed by atoms with Gasteiger partial charge in [0.25, 0.3) is 0 Å². The van der Waals surface area contributed by atoms with E-state index in [0.29, 0.717) is 0 Å². The minimum Gasteiger partial charge on any atom is -0.392 e. The van der Waals surface area contributed by atoms with E-state index in [9.17, 15) is 5.11 Å². The predicted octanol–water partition coefficient (Wildman–Crippen LogP) is 5.01. The molecule has 1 nitrogen and oxygen atoms in total. The molecule has 20 heavy (non-hydrogen) atoms.